The molecule has 8 atom stereocenters. The first-order chi connectivity index (χ1) is 34.6. The Labute approximate surface area is 427 Å². The molecule has 9 rings (SSSR count). The Morgan fingerprint density at radius 1 is 0.732 bits per heavy atom. The van der Waals surface area contributed by atoms with Crippen LogP contribution in [0.15, 0.2) is 128 Å². The summed E-state index contributed by atoms with van der Waals surface area (Å²) >= 11 is 14.4. The molecule has 7 N–H and O–H groups in total. The van der Waals surface area contributed by atoms with Crippen molar-refractivity contribution in [1.29, 1.82) is 10.5 Å². The van der Waals surface area contributed by atoms with E-state index >= 15 is 0 Å². The van der Waals surface area contributed by atoms with E-state index in [0.29, 0.717) is 42.7 Å². The van der Waals surface area contributed by atoms with Crippen LogP contribution in [0, 0.1) is 22.7 Å². The van der Waals surface area contributed by atoms with Crippen molar-refractivity contribution in [3.8, 4) is 12.1 Å². The second kappa shape index (κ2) is 24.0. The van der Waals surface area contributed by atoms with E-state index in [2.05, 4.69) is 26.2 Å². The summed E-state index contributed by atoms with van der Waals surface area (Å²) in [5, 5.41) is 59.3. The van der Waals surface area contributed by atoms with Crippen LogP contribution >= 0.6 is 34.4 Å². The number of nitrogen functional groups attached to an aromatic ring is 2. The molecule has 0 saturated carbocycles. The third-order valence-electron chi connectivity index (χ3n) is 12.1. The topological polar surface area (TPSA) is 267 Å². The Morgan fingerprint density at radius 3 is 1.62 bits per heavy atom. The van der Waals surface area contributed by atoms with Gasteiger partial charge in [-0.2, -0.15) is 55.1 Å². The van der Waals surface area contributed by atoms with Crippen LogP contribution in [-0.4, -0.2) is 98.3 Å². The lowest BCUT2D eigenvalue weighted by Gasteiger charge is -2.39. The first-order valence-corrected chi connectivity index (χ1v) is 23.4. The van der Waals surface area contributed by atoms with Crippen LogP contribution < -0.4 is 11.5 Å². The predicted octanol–water partition coefficient (Wildman–Crippen LogP) is 6.45. The number of rotatable bonds is 13. The second-order valence-corrected chi connectivity index (χ2v) is 18.3. The fourth-order valence-corrected chi connectivity index (χ4v) is 8.55. The van der Waals surface area contributed by atoms with Crippen LogP contribution in [0.3, 0.4) is 0 Å². The first kappa shape index (κ1) is 52.9. The average Bonchev–Trinajstić information content (AvgIpc) is 4.12. The quantitative estimate of drug-likeness (QED) is 0.0777. The lowest BCUT2D eigenvalue weighted by Crippen LogP contribution is -2.55. The number of anilines is 2. The molecule has 3 aromatic carbocycles. The average molecular weight is 1030 g/mol. The Kier molecular flexibility index (Phi) is 17.9. The molecule has 4 aromatic heterocycles. The second-order valence-electron chi connectivity index (χ2n) is 16.3. The highest BCUT2D eigenvalue weighted by Crippen LogP contribution is 2.52. The number of aliphatic hydroxyl groups is 3. The molecule has 2 aliphatic heterocycles. The van der Waals surface area contributed by atoms with Gasteiger partial charge in [-0.3, -0.25) is 0 Å². The number of fused-ring (bicyclic) bond motifs is 2. The van der Waals surface area contributed by atoms with Crippen molar-refractivity contribution in [1.82, 2.24) is 29.2 Å². The molecule has 7 aromatic rings. The van der Waals surface area contributed by atoms with Crippen LogP contribution in [0.2, 0.25) is 0 Å². The summed E-state index contributed by atoms with van der Waals surface area (Å²) in [5.41, 5.74) is 9.74. The van der Waals surface area contributed by atoms with E-state index in [1.165, 1.54) is 30.2 Å². The smallest absolute Gasteiger partial charge is 0.394 e. The molecule has 22 heteroatoms. The van der Waals surface area contributed by atoms with Gasteiger partial charge in [0.25, 0.3) is 0 Å². The van der Waals surface area contributed by atoms with Crippen molar-refractivity contribution in [2.75, 3.05) is 24.7 Å². The molecule has 6 heterocycles. The lowest BCUT2D eigenvalue weighted by atomic mass is 9.79. The number of hydrogen-bond donors (Lipinski definition) is 5. The summed E-state index contributed by atoms with van der Waals surface area (Å²) in [7, 11) is 0. The number of nitrogens with two attached hydrogens (primary N) is 2. The molecule has 0 spiro atoms. The SMILES string of the molecule is C[C@@]1(O)[C@H](O)[C@@H](CO)O[C@@]1(C#N)c1ccc2c(N)ncnn12.C[C@@]1(OCc2ccccc2)[C@H](OCc2ccccc2)[C@@H](COCc2ccccc2)OC1(C#N)c1ccc2c(N)ncnn12.ClB(Cl)Cl.[2H]CC. The number of benzene rings is 3. The summed E-state index contributed by atoms with van der Waals surface area (Å²) in [6.45, 7) is 5.97. The van der Waals surface area contributed by atoms with E-state index in [1.807, 2.05) is 104 Å². The van der Waals surface area contributed by atoms with E-state index in [4.69, 9.17) is 70.9 Å². The molecule has 2 fully saturated rings. The minimum absolute atomic E-state index is 0.169. The monoisotopic (exact) mass is 1030 g/mol. The molecule has 71 heavy (non-hydrogen) atoms. The van der Waals surface area contributed by atoms with Gasteiger partial charge in [0.1, 0.15) is 71.4 Å². The Hall–Kier alpha value is -5.91. The van der Waals surface area contributed by atoms with Crippen molar-refractivity contribution in [2.45, 2.75) is 94.3 Å². The molecular weight excluding hydrogens is 974 g/mol. The van der Waals surface area contributed by atoms with Gasteiger partial charge in [-0.15, -0.1) is 0 Å². The summed E-state index contributed by atoms with van der Waals surface area (Å²) in [5.74, 6) is 0.491. The van der Waals surface area contributed by atoms with Gasteiger partial charge in [0.2, 0.25) is 11.2 Å². The minimum atomic E-state index is -1.96. The maximum atomic E-state index is 11.0. The van der Waals surface area contributed by atoms with Crippen molar-refractivity contribution in [3.63, 3.8) is 0 Å². The number of aromatic nitrogens is 6. The number of ether oxygens (including phenoxy) is 5. The van der Waals surface area contributed by atoms with Gasteiger partial charge in [-0.25, -0.2) is 19.0 Å². The zero-order chi connectivity index (χ0) is 52.1. The van der Waals surface area contributed by atoms with Crippen LogP contribution in [0.5, 0.6) is 0 Å². The third-order valence-corrected chi connectivity index (χ3v) is 12.1. The third kappa shape index (κ3) is 11.1. The van der Waals surface area contributed by atoms with E-state index in [9.17, 15) is 25.8 Å². The minimum Gasteiger partial charge on any atom is -0.394 e. The van der Waals surface area contributed by atoms with Gasteiger partial charge in [0.15, 0.2) is 11.6 Å². The van der Waals surface area contributed by atoms with Crippen LogP contribution in [0.1, 0.15) is 57.1 Å². The molecule has 0 bridgehead atoms. The fourth-order valence-electron chi connectivity index (χ4n) is 8.55. The van der Waals surface area contributed by atoms with Gasteiger partial charge < -0.3 is 50.5 Å². The van der Waals surface area contributed by atoms with Crippen LogP contribution in [0.4, 0.5) is 11.6 Å². The molecule has 0 amide bonds. The maximum absolute atomic E-state index is 11.0. The number of hydrogen-bond acceptors (Lipinski definition) is 16. The highest BCUT2D eigenvalue weighted by molar-refractivity contribution is 7.54. The Balaban J connectivity index is 0.000000243. The number of nitriles is 2. The molecule has 1 unspecified atom stereocenters. The Morgan fingerprint density at radius 2 is 1.17 bits per heavy atom. The number of halogens is 3. The fraction of sp³-hybridized carbons (Fsp3) is 0.347. The van der Waals surface area contributed by atoms with Crippen molar-refractivity contribution in [2.24, 2.45) is 0 Å². The summed E-state index contributed by atoms with van der Waals surface area (Å²) < 4.78 is 41.0. The van der Waals surface area contributed by atoms with E-state index in [0.717, 1.165) is 16.7 Å². The molecule has 2 aliphatic rings. The maximum Gasteiger partial charge on any atom is 0.450 e. The van der Waals surface area contributed by atoms with E-state index < -0.39 is 58.4 Å². The lowest BCUT2D eigenvalue weighted by molar-refractivity contribution is -0.168. The zero-order valence-electron chi connectivity index (χ0n) is 40.0. The van der Waals surface area contributed by atoms with E-state index in [-0.39, 0.29) is 24.7 Å². The van der Waals surface area contributed by atoms with Crippen molar-refractivity contribution < 1.29 is 40.4 Å². The highest BCUT2D eigenvalue weighted by atomic mass is 35.6. The van der Waals surface area contributed by atoms with Crippen molar-refractivity contribution >= 4 is 62.0 Å². The number of nitrogens with zero attached hydrogens (tertiary/aromatic N) is 8. The van der Waals surface area contributed by atoms with Gasteiger partial charge in [0, 0.05) is 1.37 Å². The molecular formula is C49H54BCl3N10O8. The summed E-state index contributed by atoms with van der Waals surface area (Å²) in [6.07, 6.45) is -1.33. The van der Waals surface area contributed by atoms with Gasteiger partial charge in [-0.05, 0) is 54.8 Å². The predicted molar refractivity (Wildman–Crippen MR) is 268 cm³/mol. The number of aliphatic hydroxyl groups excluding tert-OH is 2. The molecule has 0 aliphatic carbocycles. The first-order valence-electron chi connectivity index (χ1n) is 22.8. The summed E-state index contributed by atoms with van der Waals surface area (Å²) in [4.78, 5) is 7.22. The van der Waals surface area contributed by atoms with Gasteiger partial charge in [-0.1, -0.05) is 105 Å². The van der Waals surface area contributed by atoms with Gasteiger partial charge in [0.05, 0.1) is 44.4 Å². The normalized spacial score (nSPS) is 25.6. The zero-order valence-corrected chi connectivity index (χ0v) is 41.3. The van der Waals surface area contributed by atoms with Crippen LogP contribution in [0.25, 0.3) is 11.0 Å². The standard InChI is InChI=1S/C34H33N5O4.C13H15N5O4.C2H6.BCl3/c1-33(42-21-27-15-9-4-10-16-27)31(41-20-26-13-7-3-8-14-26)29(22-40-19-25-11-5-2-6-12-25)43-34(33,23-35)30-18-17-28-32(36)37-24-38-39(28)30;1-12(21)10(20)8(4-19)22-13(12,5-14)9-3-2-7-11(15)16-6-17-18(7)9;1-2;2-1(3)4/h2-18,24,29,31H,19-22H2,1H3,(H2,36,37,38);2-3,6,8,10,19-21H,4H2,1H3,(H2,15,16,17);1-2H3;/t29-,31-,33-,34?;8-,10-,12-,13+;;/m11../s1/i;;1D;. The largest absolute Gasteiger partial charge is 0.450 e. The molecule has 2 saturated heterocycles. The molecule has 0 radical (unpaired) electrons. The highest BCUT2D eigenvalue weighted by Gasteiger charge is 2.68. The Bertz CT molecular complexity index is 2920. The molecule has 372 valence electrons. The van der Waals surface area contributed by atoms with Gasteiger partial charge >= 0.3 is 4.96 Å². The molecule has 18 nitrogen and oxygen atoms in total. The summed E-state index contributed by atoms with van der Waals surface area (Å²) in [6, 6.07) is 40.7. The van der Waals surface area contributed by atoms with Crippen molar-refractivity contribution in [3.05, 3.63) is 156 Å². The van der Waals surface area contributed by atoms with E-state index in [1.54, 1.807) is 29.6 Å². The van der Waals surface area contributed by atoms with Crippen LogP contribution in [-0.2, 0) is 54.7 Å².